The van der Waals surface area contributed by atoms with Crippen molar-refractivity contribution in [3.63, 3.8) is 0 Å². The van der Waals surface area contributed by atoms with E-state index in [1.54, 1.807) is 6.07 Å². The minimum absolute atomic E-state index is 0.131. The summed E-state index contributed by atoms with van der Waals surface area (Å²) >= 11 is 0. The van der Waals surface area contributed by atoms with Gasteiger partial charge in [0.05, 0.1) is 4.92 Å². The van der Waals surface area contributed by atoms with Crippen molar-refractivity contribution in [3.05, 3.63) is 58.9 Å². The number of nitro groups is 1. The Morgan fingerprint density at radius 3 is 2.55 bits per heavy atom. The van der Waals surface area contributed by atoms with Crippen molar-refractivity contribution in [3.8, 4) is 11.3 Å². The van der Waals surface area contributed by atoms with E-state index in [2.05, 4.69) is 9.97 Å². The molecule has 0 bridgehead atoms. The monoisotopic (exact) mass is 266 g/mol. The summed E-state index contributed by atoms with van der Waals surface area (Å²) in [5.41, 5.74) is 6.19. The molecule has 6 nitrogen and oxygen atoms in total. The van der Waals surface area contributed by atoms with Crippen LogP contribution in [-0.4, -0.2) is 14.9 Å². The average molecular weight is 266 g/mol. The highest BCUT2D eigenvalue weighted by atomic mass is 16.6. The number of benzene rings is 2. The van der Waals surface area contributed by atoms with Crippen LogP contribution >= 0.6 is 0 Å². The number of hydrogen-bond acceptors (Lipinski definition) is 5. The van der Waals surface area contributed by atoms with Crippen LogP contribution in [0.5, 0.6) is 0 Å². The second-order valence-corrected chi connectivity index (χ2v) is 4.28. The third-order valence-electron chi connectivity index (χ3n) is 3.06. The first-order valence-electron chi connectivity index (χ1n) is 5.91. The lowest BCUT2D eigenvalue weighted by atomic mass is 10.0. The molecule has 1 aromatic heterocycles. The molecule has 6 heteroatoms. The van der Waals surface area contributed by atoms with E-state index in [4.69, 9.17) is 5.73 Å². The summed E-state index contributed by atoms with van der Waals surface area (Å²) in [7, 11) is 0. The molecule has 0 aliphatic rings. The Balaban J connectivity index is 2.25. The van der Waals surface area contributed by atoms with Crippen molar-refractivity contribution in [2.24, 2.45) is 0 Å². The van der Waals surface area contributed by atoms with Gasteiger partial charge in [-0.25, -0.2) is 9.97 Å². The molecule has 0 radical (unpaired) electrons. The summed E-state index contributed by atoms with van der Waals surface area (Å²) in [5.74, 6) is -0.131. The first kappa shape index (κ1) is 12.0. The Kier molecular flexibility index (Phi) is 2.76. The maximum Gasteiger partial charge on any atom is 0.337 e. The quantitative estimate of drug-likeness (QED) is 0.568. The molecule has 20 heavy (non-hydrogen) atoms. The van der Waals surface area contributed by atoms with Crippen LogP contribution in [0, 0.1) is 10.1 Å². The van der Waals surface area contributed by atoms with Crippen LogP contribution in [0.25, 0.3) is 22.0 Å². The topological polar surface area (TPSA) is 94.9 Å². The van der Waals surface area contributed by atoms with Crippen LogP contribution in [0.4, 0.5) is 11.5 Å². The van der Waals surface area contributed by atoms with Gasteiger partial charge in [0.2, 0.25) is 5.82 Å². The van der Waals surface area contributed by atoms with Crippen LogP contribution in [0.1, 0.15) is 0 Å². The Labute approximate surface area is 114 Å². The van der Waals surface area contributed by atoms with Gasteiger partial charge in [0.15, 0.2) is 5.69 Å². The number of rotatable bonds is 2. The molecule has 0 fully saturated rings. The molecule has 0 spiro atoms. The highest BCUT2D eigenvalue weighted by Crippen LogP contribution is 2.32. The van der Waals surface area contributed by atoms with Gasteiger partial charge in [0.25, 0.3) is 0 Å². The first-order valence-corrected chi connectivity index (χ1v) is 5.91. The Morgan fingerprint density at radius 2 is 1.80 bits per heavy atom. The van der Waals surface area contributed by atoms with Gasteiger partial charge in [-0.3, -0.25) is 10.1 Å². The van der Waals surface area contributed by atoms with Gasteiger partial charge in [0.1, 0.15) is 6.33 Å². The largest absolute Gasteiger partial charge is 0.378 e. The molecule has 0 unspecified atom stereocenters. The second kappa shape index (κ2) is 4.58. The Hall–Kier alpha value is -3.02. The lowest BCUT2D eigenvalue weighted by Crippen LogP contribution is -2.02. The van der Waals surface area contributed by atoms with Crippen molar-refractivity contribution >= 4 is 22.3 Å². The number of nitrogens with zero attached hydrogens (tertiary/aromatic N) is 3. The fraction of sp³-hybridized carbons (Fsp3) is 0. The molecule has 0 aliphatic heterocycles. The summed E-state index contributed by atoms with van der Waals surface area (Å²) < 4.78 is 0. The number of aromatic nitrogens is 2. The third-order valence-corrected chi connectivity index (χ3v) is 3.06. The van der Waals surface area contributed by atoms with E-state index in [-0.39, 0.29) is 17.2 Å². The standard InChI is InChI=1S/C14H10N4O2/c15-14-13(18(19)20)12(16-8-17-14)11-6-5-9-3-1-2-4-10(9)7-11/h1-8H,(H2,15,16,17). The number of hydrogen-bond donors (Lipinski definition) is 1. The number of fused-ring (bicyclic) bond motifs is 1. The molecule has 0 aliphatic carbocycles. The van der Waals surface area contributed by atoms with E-state index in [0.717, 1.165) is 10.8 Å². The molecule has 2 N–H and O–H groups in total. The van der Waals surface area contributed by atoms with Crippen LogP contribution in [-0.2, 0) is 0 Å². The zero-order valence-corrected chi connectivity index (χ0v) is 10.4. The maximum absolute atomic E-state index is 11.1. The molecule has 3 aromatic rings. The van der Waals surface area contributed by atoms with Crippen molar-refractivity contribution in [2.45, 2.75) is 0 Å². The van der Waals surface area contributed by atoms with E-state index in [1.165, 1.54) is 6.33 Å². The summed E-state index contributed by atoms with van der Waals surface area (Å²) in [6.07, 6.45) is 1.23. The van der Waals surface area contributed by atoms with Gasteiger partial charge in [-0.05, 0) is 16.8 Å². The minimum Gasteiger partial charge on any atom is -0.378 e. The van der Waals surface area contributed by atoms with Crippen molar-refractivity contribution in [1.29, 1.82) is 0 Å². The fourth-order valence-corrected chi connectivity index (χ4v) is 2.12. The number of nitrogens with two attached hydrogens (primary N) is 1. The summed E-state index contributed by atoms with van der Waals surface area (Å²) in [6, 6.07) is 13.3. The van der Waals surface area contributed by atoms with E-state index >= 15 is 0 Å². The highest BCUT2D eigenvalue weighted by molar-refractivity contribution is 5.88. The van der Waals surface area contributed by atoms with Gasteiger partial charge in [-0.1, -0.05) is 36.4 Å². The van der Waals surface area contributed by atoms with E-state index in [9.17, 15) is 10.1 Å². The molecular weight excluding hydrogens is 256 g/mol. The van der Waals surface area contributed by atoms with Gasteiger partial charge in [-0.15, -0.1) is 0 Å². The third kappa shape index (κ3) is 1.93. The Bertz CT molecular complexity index is 817. The second-order valence-electron chi connectivity index (χ2n) is 4.28. The van der Waals surface area contributed by atoms with Gasteiger partial charge in [-0.2, -0.15) is 0 Å². The molecule has 3 rings (SSSR count). The molecule has 0 saturated heterocycles. The normalized spacial score (nSPS) is 10.6. The minimum atomic E-state index is -0.556. The van der Waals surface area contributed by atoms with Gasteiger partial charge < -0.3 is 5.73 Å². The smallest absolute Gasteiger partial charge is 0.337 e. The molecule has 1 heterocycles. The maximum atomic E-state index is 11.1. The summed E-state index contributed by atoms with van der Waals surface area (Å²) in [4.78, 5) is 18.2. The van der Waals surface area contributed by atoms with Crippen LogP contribution < -0.4 is 5.73 Å². The Morgan fingerprint density at radius 1 is 1.05 bits per heavy atom. The molecule has 98 valence electrons. The predicted molar refractivity (Wildman–Crippen MR) is 76.0 cm³/mol. The molecule has 0 atom stereocenters. The zero-order chi connectivity index (χ0) is 14.1. The zero-order valence-electron chi connectivity index (χ0n) is 10.4. The highest BCUT2D eigenvalue weighted by Gasteiger charge is 2.21. The SMILES string of the molecule is Nc1ncnc(-c2ccc3ccccc3c2)c1[N+](=O)[O-]. The van der Waals surface area contributed by atoms with Crippen LogP contribution in [0.2, 0.25) is 0 Å². The average Bonchev–Trinajstić information content (AvgIpc) is 2.46. The molecule has 2 aromatic carbocycles. The summed E-state index contributed by atoms with van der Waals surface area (Å²) in [6.45, 7) is 0. The van der Waals surface area contributed by atoms with Crippen LogP contribution in [0.3, 0.4) is 0 Å². The van der Waals surface area contributed by atoms with E-state index in [1.807, 2.05) is 36.4 Å². The lowest BCUT2D eigenvalue weighted by Gasteiger charge is -2.05. The first-order chi connectivity index (χ1) is 9.66. The fourth-order valence-electron chi connectivity index (χ4n) is 2.12. The number of anilines is 1. The number of nitrogen functional groups attached to an aromatic ring is 1. The predicted octanol–water partition coefficient (Wildman–Crippen LogP) is 2.79. The van der Waals surface area contributed by atoms with Gasteiger partial charge in [0, 0.05) is 5.56 Å². The van der Waals surface area contributed by atoms with E-state index < -0.39 is 4.92 Å². The van der Waals surface area contributed by atoms with Crippen molar-refractivity contribution < 1.29 is 4.92 Å². The van der Waals surface area contributed by atoms with Crippen LogP contribution in [0.15, 0.2) is 48.8 Å². The summed E-state index contributed by atoms with van der Waals surface area (Å²) in [5, 5.41) is 13.2. The molecule has 0 saturated carbocycles. The van der Waals surface area contributed by atoms with Gasteiger partial charge >= 0.3 is 5.69 Å². The molecule has 0 amide bonds. The lowest BCUT2D eigenvalue weighted by molar-refractivity contribution is -0.383. The van der Waals surface area contributed by atoms with Crippen molar-refractivity contribution in [2.75, 3.05) is 5.73 Å². The molecular formula is C14H10N4O2. The van der Waals surface area contributed by atoms with Crippen molar-refractivity contribution in [1.82, 2.24) is 9.97 Å². The van der Waals surface area contributed by atoms with E-state index in [0.29, 0.717) is 5.56 Å².